The zero-order chi connectivity index (χ0) is 18.8. The lowest BCUT2D eigenvalue weighted by molar-refractivity contribution is 1.02. The van der Waals surface area contributed by atoms with Crippen molar-refractivity contribution < 1.29 is 0 Å². The summed E-state index contributed by atoms with van der Waals surface area (Å²) in [5.74, 6) is 0. The lowest BCUT2D eigenvalue weighted by Gasteiger charge is -2.13. The van der Waals surface area contributed by atoms with Gasteiger partial charge in [-0.05, 0) is 76.9 Å². The summed E-state index contributed by atoms with van der Waals surface area (Å²) >= 11 is 0. The van der Waals surface area contributed by atoms with Crippen LogP contribution in [-0.2, 0) is 0 Å². The average Bonchev–Trinajstić information content (AvgIpc) is 2.75. The summed E-state index contributed by atoms with van der Waals surface area (Å²) in [4.78, 5) is 0. The molecular weight excluding hydrogens is 340 g/mol. The number of rotatable bonds is 4. The van der Waals surface area contributed by atoms with Gasteiger partial charge in [-0.15, -0.1) is 0 Å². The van der Waals surface area contributed by atoms with Crippen molar-refractivity contribution >= 4 is 38.6 Å². The van der Waals surface area contributed by atoms with Crippen molar-refractivity contribution in [2.24, 2.45) is 0 Å². The maximum absolute atomic E-state index is 3.52. The molecule has 4 aromatic rings. The van der Waals surface area contributed by atoms with E-state index in [2.05, 4.69) is 89.5 Å². The van der Waals surface area contributed by atoms with Gasteiger partial charge in [-0.2, -0.15) is 0 Å². The summed E-state index contributed by atoms with van der Waals surface area (Å²) in [6.07, 6.45) is 8.88. The minimum atomic E-state index is 1.10. The Hall–Kier alpha value is -3.52. The van der Waals surface area contributed by atoms with Gasteiger partial charge >= 0.3 is 0 Å². The average molecular weight is 362 g/mol. The molecule has 0 aliphatic heterocycles. The number of allylic oxidation sites excluding steroid dienone is 3. The molecule has 0 aromatic heterocycles. The van der Waals surface area contributed by atoms with Crippen LogP contribution in [0, 0.1) is 0 Å². The van der Waals surface area contributed by atoms with Crippen LogP contribution in [0.5, 0.6) is 0 Å². The van der Waals surface area contributed by atoms with Gasteiger partial charge in [-0.3, -0.25) is 0 Å². The Labute approximate surface area is 165 Å². The van der Waals surface area contributed by atoms with Crippen LogP contribution >= 0.6 is 0 Å². The molecule has 2 heteroatoms. The first-order valence-electron chi connectivity index (χ1n) is 9.77. The molecule has 1 aliphatic rings. The van der Waals surface area contributed by atoms with Crippen LogP contribution in [-0.4, -0.2) is 0 Å². The summed E-state index contributed by atoms with van der Waals surface area (Å²) in [6.45, 7) is 0. The molecule has 2 N–H and O–H groups in total. The first kappa shape index (κ1) is 16.6. The lowest BCUT2D eigenvalue weighted by atomic mass is 10.0. The number of anilines is 3. The van der Waals surface area contributed by atoms with E-state index in [0.29, 0.717) is 0 Å². The highest BCUT2D eigenvalue weighted by Crippen LogP contribution is 2.30. The second-order valence-electron chi connectivity index (χ2n) is 7.19. The Morgan fingerprint density at radius 1 is 0.571 bits per heavy atom. The summed E-state index contributed by atoms with van der Waals surface area (Å²) in [7, 11) is 0. The van der Waals surface area contributed by atoms with Gasteiger partial charge in [0.25, 0.3) is 0 Å². The van der Waals surface area contributed by atoms with Crippen molar-refractivity contribution in [3.63, 3.8) is 0 Å². The fourth-order valence-corrected chi connectivity index (χ4v) is 3.79. The highest BCUT2D eigenvalue weighted by Gasteiger charge is 2.05. The molecule has 1 aliphatic carbocycles. The van der Waals surface area contributed by atoms with Crippen molar-refractivity contribution in [3.8, 4) is 0 Å². The van der Waals surface area contributed by atoms with Crippen LogP contribution < -0.4 is 10.6 Å². The third kappa shape index (κ3) is 3.37. The van der Waals surface area contributed by atoms with Crippen LogP contribution in [0.2, 0.25) is 0 Å². The maximum atomic E-state index is 3.52. The molecule has 0 saturated carbocycles. The van der Waals surface area contributed by atoms with E-state index >= 15 is 0 Å². The molecule has 0 saturated heterocycles. The van der Waals surface area contributed by atoms with Gasteiger partial charge in [0.05, 0.1) is 0 Å². The van der Waals surface area contributed by atoms with Gasteiger partial charge in [0.2, 0.25) is 0 Å². The van der Waals surface area contributed by atoms with Crippen LogP contribution in [0.4, 0.5) is 17.1 Å². The molecule has 0 atom stereocenters. The predicted octanol–water partition coefficient (Wildman–Crippen LogP) is 7.38. The zero-order valence-electron chi connectivity index (χ0n) is 15.7. The Bertz CT molecular complexity index is 1200. The molecule has 4 aromatic carbocycles. The molecule has 2 nitrogen and oxygen atoms in total. The van der Waals surface area contributed by atoms with Crippen LogP contribution in [0.3, 0.4) is 0 Å². The highest BCUT2D eigenvalue weighted by atomic mass is 14.9. The Morgan fingerprint density at radius 2 is 1.25 bits per heavy atom. The van der Waals surface area contributed by atoms with Crippen molar-refractivity contribution in [1.29, 1.82) is 0 Å². The molecule has 0 radical (unpaired) electrons. The molecule has 0 fully saturated rings. The Morgan fingerprint density at radius 3 is 1.89 bits per heavy atom. The smallest absolute Gasteiger partial charge is 0.0390 e. The number of hydrogen-bond donors (Lipinski definition) is 2. The quantitative estimate of drug-likeness (QED) is 0.370. The number of nitrogens with one attached hydrogen (secondary N) is 2. The van der Waals surface area contributed by atoms with Crippen molar-refractivity contribution in [1.82, 2.24) is 0 Å². The first-order chi connectivity index (χ1) is 13.8. The predicted molar refractivity (Wildman–Crippen MR) is 121 cm³/mol. The van der Waals surface area contributed by atoms with Crippen molar-refractivity contribution in [2.45, 2.75) is 12.8 Å². The monoisotopic (exact) mass is 362 g/mol. The number of benzene rings is 4. The number of fused-ring (bicyclic) bond motifs is 3. The summed E-state index contributed by atoms with van der Waals surface area (Å²) in [6, 6.07) is 27.9. The van der Waals surface area contributed by atoms with Gasteiger partial charge in [-0.1, -0.05) is 54.6 Å². The third-order valence-electron chi connectivity index (χ3n) is 5.18. The number of para-hydroxylation sites is 1. The van der Waals surface area contributed by atoms with Gasteiger partial charge < -0.3 is 10.6 Å². The fourth-order valence-electron chi connectivity index (χ4n) is 3.79. The molecule has 0 bridgehead atoms. The van der Waals surface area contributed by atoms with Gasteiger partial charge in [0.15, 0.2) is 0 Å². The normalized spacial score (nSPS) is 13.5. The standard InChI is InChI=1S/C26H22N2/c1-3-7-21(8-4-1)27-23-13-15-25-19(17-23)11-12-20-18-24(14-16-26(20)25)28-22-9-5-2-6-10-22/h1,3-5,7-18,27-28H,2,6H2. The maximum Gasteiger partial charge on any atom is 0.0390 e. The van der Waals surface area contributed by atoms with E-state index in [1.54, 1.807) is 0 Å². The van der Waals surface area contributed by atoms with E-state index in [4.69, 9.17) is 0 Å². The first-order valence-corrected chi connectivity index (χ1v) is 9.77. The van der Waals surface area contributed by atoms with Gasteiger partial charge in [0.1, 0.15) is 0 Å². The van der Waals surface area contributed by atoms with E-state index in [1.807, 2.05) is 18.2 Å². The molecule has 0 amide bonds. The van der Waals surface area contributed by atoms with Crippen molar-refractivity contribution in [3.05, 3.63) is 103 Å². The summed E-state index contributed by atoms with van der Waals surface area (Å²) in [5, 5.41) is 12.0. The van der Waals surface area contributed by atoms with E-state index in [1.165, 1.54) is 27.2 Å². The van der Waals surface area contributed by atoms with Gasteiger partial charge in [0, 0.05) is 22.8 Å². The lowest BCUT2D eigenvalue weighted by Crippen LogP contribution is -1.98. The van der Waals surface area contributed by atoms with Crippen LogP contribution in [0.1, 0.15) is 12.8 Å². The zero-order valence-corrected chi connectivity index (χ0v) is 15.7. The molecule has 0 unspecified atom stereocenters. The topological polar surface area (TPSA) is 24.1 Å². The second kappa shape index (κ2) is 7.24. The number of hydrogen-bond acceptors (Lipinski definition) is 2. The van der Waals surface area contributed by atoms with E-state index in [0.717, 1.165) is 29.9 Å². The molecule has 0 spiro atoms. The molecule has 0 heterocycles. The fraction of sp³-hybridized carbons (Fsp3) is 0.0769. The highest BCUT2D eigenvalue weighted by molar-refractivity contribution is 6.09. The molecule has 28 heavy (non-hydrogen) atoms. The molecular formula is C26H22N2. The Balaban J connectivity index is 1.47. The molecule has 136 valence electrons. The van der Waals surface area contributed by atoms with Crippen LogP contribution in [0.15, 0.2) is 103 Å². The Kier molecular flexibility index (Phi) is 4.30. The van der Waals surface area contributed by atoms with Crippen molar-refractivity contribution in [2.75, 3.05) is 10.6 Å². The van der Waals surface area contributed by atoms with E-state index in [9.17, 15) is 0 Å². The minimum absolute atomic E-state index is 1.10. The minimum Gasteiger partial charge on any atom is -0.356 e. The SMILES string of the molecule is C1=CC(Nc2ccc3c(ccc4cc(Nc5ccccc5)ccc43)c2)=CCC1. The molecule has 5 rings (SSSR count). The summed E-state index contributed by atoms with van der Waals surface area (Å²) in [5.41, 5.74) is 4.52. The van der Waals surface area contributed by atoms with E-state index < -0.39 is 0 Å². The van der Waals surface area contributed by atoms with Crippen LogP contribution in [0.25, 0.3) is 21.5 Å². The summed E-state index contributed by atoms with van der Waals surface area (Å²) < 4.78 is 0. The second-order valence-corrected chi connectivity index (χ2v) is 7.19. The van der Waals surface area contributed by atoms with E-state index in [-0.39, 0.29) is 0 Å². The van der Waals surface area contributed by atoms with Gasteiger partial charge in [-0.25, -0.2) is 0 Å². The third-order valence-corrected chi connectivity index (χ3v) is 5.18. The largest absolute Gasteiger partial charge is 0.356 e.